The Morgan fingerprint density at radius 1 is 1.19 bits per heavy atom. The van der Waals surface area contributed by atoms with Gasteiger partial charge in [0.1, 0.15) is 4.88 Å². The lowest BCUT2D eigenvalue weighted by Crippen LogP contribution is -2.41. The first kappa shape index (κ1) is 23.0. The van der Waals surface area contributed by atoms with Gasteiger partial charge in [0.05, 0.1) is 19.4 Å². The number of furan rings is 1. The van der Waals surface area contributed by atoms with Gasteiger partial charge in [-0.2, -0.15) is 4.31 Å². The van der Waals surface area contributed by atoms with Gasteiger partial charge in [0.25, 0.3) is 10.0 Å². The molecular formula is C19H22N2O8S2. The predicted octanol–water partition coefficient (Wildman–Crippen LogP) is 2.34. The summed E-state index contributed by atoms with van der Waals surface area (Å²) in [5.41, 5.74) is 0.374. The highest BCUT2D eigenvalue weighted by molar-refractivity contribution is 7.89. The van der Waals surface area contributed by atoms with Crippen LogP contribution in [0, 0.1) is 5.92 Å². The Morgan fingerprint density at radius 2 is 1.90 bits per heavy atom. The number of nitrogens with one attached hydrogen (secondary N) is 1. The zero-order valence-electron chi connectivity index (χ0n) is 17.0. The van der Waals surface area contributed by atoms with Crippen LogP contribution in [0.15, 0.2) is 33.1 Å². The number of ether oxygens (including phenoxy) is 2. The van der Waals surface area contributed by atoms with Gasteiger partial charge in [0, 0.05) is 19.0 Å². The number of hydrogen-bond acceptors (Lipinski definition) is 9. The molecule has 10 nitrogen and oxygen atoms in total. The van der Waals surface area contributed by atoms with Gasteiger partial charge in [-0.1, -0.05) is 0 Å². The van der Waals surface area contributed by atoms with E-state index < -0.39 is 27.9 Å². The first-order valence-corrected chi connectivity index (χ1v) is 11.8. The Labute approximate surface area is 183 Å². The SMILES string of the molecule is CCOC(=O)c1ccc(S(=O)(=O)N2CCC(C(=O)Nc3ccsc3C(=O)OC)CC2)o1. The van der Waals surface area contributed by atoms with Gasteiger partial charge in [0.2, 0.25) is 16.8 Å². The van der Waals surface area contributed by atoms with Gasteiger partial charge >= 0.3 is 11.9 Å². The first-order valence-electron chi connectivity index (χ1n) is 9.51. The molecule has 3 heterocycles. The molecule has 1 aliphatic heterocycles. The predicted molar refractivity (Wildman–Crippen MR) is 110 cm³/mol. The number of rotatable bonds is 7. The van der Waals surface area contributed by atoms with Crippen LogP contribution in [0.25, 0.3) is 0 Å². The Kier molecular flexibility index (Phi) is 7.13. The van der Waals surface area contributed by atoms with Gasteiger partial charge < -0.3 is 19.2 Å². The number of nitrogens with zero attached hydrogens (tertiary/aromatic N) is 1. The number of carbonyl (C=O) groups excluding carboxylic acids is 3. The number of carbonyl (C=O) groups is 3. The highest BCUT2D eigenvalue weighted by Crippen LogP contribution is 2.28. The third-order valence-electron chi connectivity index (χ3n) is 4.77. The molecule has 0 aliphatic carbocycles. The van der Waals surface area contributed by atoms with Crippen LogP contribution >= 0.6 is 11.3 Å². The second-order valence-corrected chi connectivity index (χ2v) is 9.45. The molecule has 2 aromatic heterocycles. The number of hydrogen-bond donors (Lipinski definition) is 1. The molecule has 3 rings (SSSR count). The van der Waals surface area contributed by atoms with Crippen molar-refractivity contribution in [1.29, 1.82) is 0 Å². The summed E-state index contributed by atoms with van der Waals surface area (Å²) in [6, 6.07) is 4.09. The molecular weight excluding hydrogens is 448 g/mol. The maximum Gasteiger partial charge on any atom is 0.374 e. The van der Waals surface area contributed by atoms with Gasteiger partial charge in [-0.25, -0.2) is 18.0 Å². The van der Waals surface area contributed by atoms with Crippen LogP contribution in [-0.4, -0.2) is 57.4 Å². The monoisotopic (exact) mass is 470 g/mol. The minimum Gasteiger partial charge on any atom is -0.465 e. The zero-order chi connectivity index (χ0) is 22.6. The topological polar surface area (TPSA) is 132 Å². The molecule has 31 heavy (non-hydrogen) atoms. The van der Waals surface area contributed by atoms with Crippen molar-refractivity contribution in [1.82, 2.24) is 4.31 Å². The molecule has 0 aromatic carbocycles. The minimum absolute atomic E-state index is 0.114. The number of piperidine rings is 1. The summed E-state index contributed by atoms with van der Waals surface area (Å²) in [4.78, 5) is 36.3. The van der Waals surface area contributed by atoms with E-state index in [1.54, 1.807) is 18.4 Å². The first-order chi connectivity index (χ1) is 14.8. The summed E-state index contributed by atoms with van der Waals surface area (Å²) in [6.45, 7) is 2.00. The van der Waals surface area contributed by atoms with Crippen molar-refractivity contribution in [2.24, 2.45) is 5.92 Å². The summed E-state index contributed by atoms with van der Waals surface area (Å²) in [5.74, 6) is -2.16. The van der Waals surface area contributed by atoms with Crippen LogP contribution in [0.4, 0.5) is 5.69 Å². The average Bonchev–Trinajstić information content (AvgIpc) is 3.44. The van der Waals surface area contributed by atoms with Crippen molar-refractivity contribution in [2.75, 3.05) is 32.1 Å². The van der Waals surface area contributed by atoms with Gasteiger partial charge in [0.15, 0.2) is 0 Å². The van der Waals surface area contributed by atoms with Crippen molar-refractivity contribution in [3.8, 4) is 0 Å². The molecule has 1 amide bonds. The van der Waals surface area contributed by atoms with Gasteiger partial charge in [-0.3, -0.25) is 4.79 Å². The highest BCUT2D eigenvalue weighted by Gasteiger charge is 2.34. The van der Waals surface area contributed by atoms with Gasteiger partial charge in [-0.15, -0.1) is 11.3 Å². The molecule has 1 N–H and O–H groups in total. The summed E-state index contributed by atoms with van der Waals surface area (Å²) < 4.78 is 41.5. The summed E-state index contributed by atoms with van der Waals surface area (Å²) in [7, 11) is -2.68. The maximum atomic E-state index is 12.8. The van der Waals surface area contributed by atoms with E-state index in [2.05, 4.69) is 5.32 Å². The molecule has 2 aromatic rings. The molecule has 0 bridgehead atoms. The molecule has 1 aliphatic rings. The Balaban J connectivity index is 1.61. The highest BCUT2D eigenvalue weighted by atomic mass is 32.2. The molecule has 168 valence electrons. The van der Waals surface area contributed by atoms with E-state index in [1.807, 2.05) is 0 Å². The molecule has 0 unspecified atom stereocenters. The number of esters is 2. The number of methoxy groups -OCH3 is 1. The van der Waals surface area contributed by atoms with Crippen LogP contribution in [0.2, 0.25) is 0 Å². The van der Waals surface area contributed by atoms with Crippen LogP contribution in [0.5, 0.6) is 0 Å². The van der Waals surface area contributed by atoms with Crippen molar-refractivity contribution in [3.63, 3.8) is 0 Å². The Bertz CT molecular complexity index is 1060. The molecule has 0 radical (unpaired) electrons. The second-order valence-electron chi connectivity index (χ2n) is 6.66. The van der Waals surface area contributed by atoms with Crippen molar-refractivity contribution in [3.05, 3.63) is 34.2 Å². The number of thiophene rings is 1. The van der Waals surface area contributed by atoms with Crippen molar-refractivity contribution >= 4 is 44.9 Å². The van der Waals surface area contributed by atoms with E-state index in [0.29, 0.717) is 23.4 Å². The smallest absolute Gasteiger partial charge is 0.374 e. The van der Waals surface area contributed by atoms with Crippen LogP contribution in [0.3, 0.4) is 0 Å². The summed E-state index contributed by atoms with van der Waals surface area (Å²) in [5, 5.41) is 4.05. The van der Waals surface area contributed by atoms with Crippen molar-refractivity contribution in [2.45, 2.75) is 24.9 Å². The summed E-state index contributed by atoms with van der Waals surface area (Å²) in [6.07, 6.45) is 0.600. The normalized spacial score (nSPS) is 15.4. The third-order valence-corrected chi connectivity index (χ3v) is 7.44. The van der Waals surface area contributed by atoms with Crippen LogP contribution in [-0.2, 0) is 24.3 Å². The number of sulfonamides is 1. The molecule has 1 saturated heterocycles. The Morgan fingerprint density at radius 3 is 2.55 bits per heavy atom. The number of anilines is 1. The fraction of sp³-hybridized carbons (Fsp3) is 0.421. The largest absolute Gasteiger partial charge is 0.465 e. The van der Waals surface area contributed by atoms with Crippen LogP contribution < -0.4 is 5.32 Å². The molecule has 0 spiro atoms. The average molecular weight is 471 g/mol. The van der Waals surface area contributed by atoms with Crippen LogP contribution in [0.1, 0.15) is 40.0 Å². The lowest BCUT2D eigenvalue weighted by atomic mass is 9.97. The summed E-state index contributed by atoms with van der Waals surface area (Å²) >= 11 is 1.16. The van der Waals surface area contributed by atoms with E-state index in [9.17, 15) is 22.8 Å². The lowest BCUT2D eigenvalue weighted by molar-refractivity contribution is -0.120. The lowest BCUT2D eigenvalue weighted by Gasteiger charge is -2.29. The zero-order valence-corrected chi connectivity index (χ0v) is 18.6. The molecule has 12 heteroatoms. The fourth-order valence-corrected chi connectivity index (χ4v) is 5.30. The van der Waals surface area contributed by atoms with E-state index in [-0.39, 0.29) is 36.5 Å². The standard InChI is InChI=1S/C19H22N2O8S2/c1-3-28-18(23)14-4-5-15(29-14)31(25,26)21-9-6-12(7-10-21)17(22)20-13-8-11-30-16(13)19(24)27-2/h4-5,8,11-12H,3,6-7,9-10H2,1-2H3,(H,20,22). The van der Waals surface area contributed by atoms with E-state index in [0.717, 1.165) is 11.3 Å². The molecule has 0 saturated carbocycles. The van der Waals surface area contributed by atoms with E-state index in [1.165, 1.54) is 23.5 Å². The van der Waals surface area contributed by atoms with Gasteiger partial charge in [-0.05, 0) is 43.3 Å². The molecule has 0 atom stereocenters. The minimum atomic E-state index is -3.94. The molecule has 1 fully saturated rings. The Hall–Kier alpha value is -2.70. The maximum absolute atomic E-state index is 12.8. The van der Waals surface area contributed by atoms with E-state index in [4.69, 9.17) is 13.9 Å². The third kappa shape index (κ3) is 4.97. The fourth-order valence-electron chi connectivity index (χ4n) is 3.15. The second kappa shape index (κ2) is 9.62. The van der Waals surface area contributed by atoms with E-state index >= 15 is 0 Å². The number of amides is 1. The quantitative estimate of drug-likeness (QED) is 0.610. The van der Waals surface area contributed by atoms with Crippen molar-refractivity contribution < 1.29 is 36.7 Å².